The highest BCUT2D eigenvalue weighted by Crippen LogP contribution is 2.16. The van der Waals surface area contributed by atoms with E-state index >= 15 is 0 Å². The Morgan fingerprint density at radius 3 is 2.88 bits per heavy atom. The number of hydrogen-bond donors (Lipinski definition) is 2. The quantitative estimate of drug-likeness (QED) is 0.658. The number of nitrogens with one attached hydrogen (secondary N) is 1. The number of aliphatic hydroxyl groups is 1. The number of hydrogen-bond acceptors (Lipinski definition) is 5. The minimum atomic E-state index is -1.58. The van der Waals surface area contributed by atoms with Gasteiger partial charge in [-0.2, -0.15) is 0 Å². The van der Waals surface area contributed by atoms with E-state index in [2.05, 4.69) is 5.32 Å². The molecule has 0 aromatic rings. The summed E-state index contributed by atoms with van der Waals surface area (Å²) in [4.78, 5) is 23.0. The highest BCUT2D eigenvalue weighted by atomic mass is 16.6. The first-order valence-electron chi connectivity index (χ1n) is 5.67. The molecule has 0 bridgehead atoms. The third-order valence-corrected chi connectivity index (χ3v) is 2.71. The maximum atomic E-state index is 11.6. The van der Waals surface area contributed by atoms with Crippen molar-refractivity contribution in [2.24, 2.45) is 0 Å². The highest BCUT2D eigenvalue weighted by molar-refractivity contribution is 5.89. The Balaban J connectivity index is 2.59. The van der Waals surface area contributed by atoms with Gasteiger partial charge in [-0.25, -0.2) is 4.79 Å². The highest BCUT2D eigenvalue weighted by Gasteiger charge is 2.37. The molecule has 1 saturated heterocycles. The minimum Gasteiger partial charge on any atom is -0.458 e. The van der Waals surface area contributed by atoms with E-state index in [0.29, 0.717) is 13.0 Å². The maximum absolute atomic E-state index is 11.6. The summed E-state index contributed by atoms with van der Waals surface area (Å²) in [5, 5.41) is 12.2. The van der Waals surface area contributed by atoms with Crippen LogP contribution in [0.15, 0.2) is 0 Å². The number of ether oxygens (including phenoxy) is 2. The molecule has 1 unspecified atom stereocenters. The third-order valence-electron chi connectivity index (χ3n) is 2.71. The summed E-state index contributed by atoms with van der Waals surface area (Å²) in [6, 6.07) is 0. The first-order valence-corrected chi connectivity index (χ1v) is 5.67. The van der Waals surface area contributed by atoms with Gasteiger partial charge in [0.2, 0.25) is 0 Å². The summed E-state index contributed by atoms with van der Waals surface area (Å²) in [7, 11) is 0. The molecule has 1 aliphatic rings. The Kier molecular flexibility index (Phi) is 4.47. The van der Waals surface area contributed by atoms with Crippen LogP contribution in [0.3, 0.4) is 0 Å². The number of aliphatic hydroxyl groups excluding tert-OH is 1. The second kappa shape index (κ2) is 5.46. The van der Waals surface area contributed by atoms with Gasteiger partial charge in [0.15, 0.2) is 12.2 Å². The fourth-order valence-electron chi connectivity index (χ4n) is 1.30. The van der Waals surface area contributed by atoms with Gasteiger partial charge in [0.1, 0.15) is 5.60 Å². The molecule has 2 N–H and O–H groups in total. The SMILES string of the molecule is CCC(C)(C)OC(=O)C(O)[C@H]1OCCNC1=O. The first kappa shape index (κ1) is 13.9. The van der Waals surface area contributed by atoms with Crippen LogP contribution >= 0.6 is 0 Å². The molecular weight excluding hydrogens is 226 g/mol. The molecule has 1 heterocycles. The lowest BCUT2D eigenvalue weighted by Crippen LogP contribution is -2.53. The van der Waals surface area contributed by atoms with Crippen molar-refractivity contribution in [1.29, 1.82) is 0 Å². The van der Waals surface area contributed by atoms with Crippen LogP contribution in [0, 0.1) is 0 Å². The van der Waals surface area contributed by atoms with Crippen molar-refractivity contribution in [2.75, 3.05) is 13.2 Å². The van der Waals surface area contributed by atoms with Crippen molar-refractivity contribution in [3.8, 4) is 0 Å². The van der Waals surface area contributed by atoms with E-state index in [4.69, 9.17) is 9.47 Å². The largest absolute Gasteiger partial charge is 0.458 e. The number of rotatable bonds is 4. The molecule has 1 aliphatic heterocycles. The van der Waals surface area contributed by atoms with Crippen molar-refractivity contribution in [1.82, 2.24) is 5.32 Å². The zero-order valence-electron chi connectivity index (χ0n) is 10.4. The Hall–Kier alpha value is -1.14. The molecule has 0 aliphatic carbocycles. The van der Waals surface area contributed by atoms with Crippen molar-refractivity contribution < 1.29 is 24.2 Å². The molecule has 0 spiro atoms. The van der Waals surface area contributed by atoms with E-state index in [1.54, 1.807) is 13.8 Å². The average Bonchev–Trinajstić information content (AvgIpc) is 2.28. The van der Waals surface area contributed by atoms with Crippen LogP contribution in [-0.4, -0.2) is 47.9 Å². The number of carbonyl (C=O) groups excluding carboxylic acids is 2. The van der Waals surface area contributed by atoms with Crippen LogP contribution < -0.4 is 5.32 Å². The molecule has 1 amide bonds. The topological polar surface area (TPSA) is 84.9 Å². The lowest BCUT2D eigenvalue weighted by molar-refractivity contribution is -0.180. The fourth-order valence-corrected chi connectivity index (χ4v) is 1.30. The summed E-state index contributed by atoms with van der Waals surface area (Å²) in [6.45, 7) is 6.00. The van der Waals surface area contributed by atoms with E-state index in [1.807, 2.05) is 6.92 Å². The van der Waals surface area contributed by atoms with Crippen LogP contribution in [0.25, 0.3) is 0 Å². The number of carbonyl (C=O) groups is 2. The van der Waals surface area contributed by atoms with Crippen molar-refractivity contribution in [3.05, 3.63) is 0 Å². The lowest BCUT2D eigenvalue weighted by atomic mass is 10.1. The summed E-state index contributed by atoms with van der Waals surface area (Å²) in [5.74, 6) is -1.33. The molecule has 98 valence electrons. The van der Waals surface area contributed by atoms with Gasteiger partial charge in [-0.3, -0.25) is 4.79 Å². The van der Waals surface area contributed by atoms with Gasteiger partial charge in [-0.05, 0) is 20.3 Å². The Morgan fingerprint density at radius 1 is 1.71 bits per heavy atom. The van der Waals surface area contributed by atoms with Crippen LogP contribution in [0.2, 0.25) is 0 Å². The Bertz CT molecular complexity index is 302. The van der Waals surface area contributed by atoms with Gasteiger partial charge >= 0.3 is 5.97 Å². The van der Waals surface area contributed by atoms with Crippen molar-refractivity contribution >= 4 is 11.9 Å². The van der Waals surface area contributed by atoms with Crippen LogP contribution in [0.5, 0.6) is 0 Å². The van der Waals surface area contributed by atoms with Gasteiger partial charge in [0.05, 0.1) is 6.61 Å². The van der Waals surface area contributed by atoms with Gasteiger partial charge in [0.25, 0.3) is 5.91 Å². The van der Waals surface area contributed by atoms with Gasteiger partial charge < -0.3 is 19.9 Å². The summed E-state index contributed by atoms with van der Waals surface area (Å²) < 4.78 is 10.2. The van der Waals surface area contributed by atoms with E-state index in [9.17, 15) is 14.7 Å². The minimum absolute atomic E-state index is 0.276. The fraction of sp³-hybridized carbons (Fsp3) is 0.818. The molecule has 0 aromatic heterocycles. The zero-order valence-corrected chi connectivity index (χ0v) is 10.4. The van der Waals surface area contributed by atoms with Gasteiger partial charge in [-0.1, -0.05) is 6.92 Å². The Labute approximate surface area is 100 Å². The summed E-state index contributed by atoms with van der Waals surface area (Å²) in [6.07, 6.45) is -2.14. The summed E-state index contributed by atoms with van der Waals surface area (Å²) >= 11 is 0. The molecule has 1 fully saturated rings. The van der Waals surface area contributed by atoms with Crippen LogP contribution in [-0.2, 0) is 19.1 Å². The molecule has 0 radical (unpaired) electrons. The van der Waals surface area contributed by atoms with Crippen LogP contribution in [0.4, 0.5) is 0 Å². The maximum Gasteiger partial charge on any atom is 0.338 e. The number of morpholine rings is 1. The second-order valence-corrected chi connectivity index (χ2v) is 4.56. The van der Waals surface area contributed by atoms with Crippen molar-refractivity contribution in [3.63, 3.8) is 0 Å². The van der Waals surface area contributed by atoms with E-state index in [-0.39, 0.29) is 6.61 Å². The van der Waals surface area contributed by atoms with E-state index in [1.165, 1.54) is 0 Å². The standard InChI is InChI=1S/C11H19NO5/c1-4-11(2,3)17-10(15)7(13)8-9(14)12-5-6-16-8/h7-8,13H,4-6H2,1-3H3,(H,12,14)/t7?,8-/m1/s1. The predicted molar refractivity (Wildman–Crippen MR) is 59.2 cm³/mol. The summed E-state index contributed by atoms with van der Waals surface area (Å²) in [5.41, 5.74) is -0.663. The molecule has 2 atom stereocenters. The molecule has 0 aromatic carbocycles. The Morgan fingerprint density at radius 2 is 2.35 bits per heavy atom. The number of esters is 1. The lowest BCUT2D eigenvalue weighted by Gasteiger charge is -2.29. The zero-order chi connectivity index (χ0) is 13.1. The van der Waals surface area contributed by atoms with Gasteiger partial charge in [-0.15, -0.1) is 0 Å². The van der Waals surface area contributed by atoms with E-state index in [0.717, 1.165) is 0 Å². The smallest absolute Gasteiger partial charge is 0.338 e. The third kappa shape index (κ3) is 3.67. The van der Waals surface area contributed by atoms with Gasteiger partial charge in [0, 0.05) is 6.54 Å². The normalized spacial score (nSPS) is 22.8. The first-order chi connectivity index (χ1) is 7.87. The monoisotopic (exact) mass is 245 g/mol. The number of amides is 1. The molecule has 6 heteroatoms. The molecule has 1 rings (SSSR count). The molecular formula is C11H19NO5. The van der Waals surface area contributed by atoms with Crippen LogP contribution in [0.1, 0.15) is 27.2 Å². The molecule has 6 nitrogen and oxygen atoms in total. The average molecular weight is 245 g/mol. The predicted octanol–water partition coefficient (Wildman–Crippen LogP) is -0.406. The van der Waals surface area contributed by atoms with Crippen molar-refractivity contribution in [2.45, 2.75) is 45.0 Å². The molecule has 0 saturated carbocycles. The van der Waals surface area contributed by atoms with E-state index < -0.39 is 29.7 Å². The second-order valence-electron chi connectivity index (χ2n) is 4.56. The molecule has 17 heavy (non-hydrogen) atoms.